The quantitative estimate of drug-likeness (QED) is 0.930. The van der Waals surface area contributed by atoms with Gasteiger partial charge in [0.25, 0.3) is 0 Å². The Balaban J connectivity index is 1.83. The molecular formula is C17H17F2NO. The highest BCUT2D eigenvalue weighted by Gasteiger charge is 2.20. The molecule has 1 unspecified atom stereocenters. The Bertz CT molecular complexity index is 657. The summed E-state index contributed by atoms with van der Waals surface area (Å²) in [5.41, 5.74) is 8.50. The largest absolute Gasteiger partial charge is 0.489 e. The summed E-state index contributed by atoms with van der Waals surface area (Å²) in [4.78, 5) is 0. The second-order valence-electron chi connectivity index (χ2n) is 5.35. The van der Waals surface area contributed by atoms with Crippen molar-refractivity contribution in [3.05, 3.63) is 64.7 Å². The molecule has 1 atom stereocenters. The van der Waals surface area contributed by atoms with Crippen molar-refractivity contribution in [3.8, 4) is 5.75 Å². The van der Waals surface area contributed by atoms with E-state index in [1.165, 1.54) is 0 Å². The number of hydrogen-bond donors (Lipinski definition) is 1. The Morgan fingerprint density at radius 1 is 1.19 bits per heavy atom. The molecule has 0 aliphatic heterocycles. The third-order valence-electron chi connectivity index (χ3n) is 3.90. The van der Waals surface area contributed by atoms with Crippen LogP contribution in [0.2, 0.25) is 0 Å². The minimum atomic E-state index is -0.466. The molecule has 4 heteroatoms. The number of hydrogen-bond acceptors (Lipinski definition) is 2. The predicted octanol–water partition coefficient (Wildman–Crippen LogP) is 3.88. The summed E-state index contributed by atoms with van der Waals surface area (Å²) in [6.07, 6.45) is 2.89. The van der Waals surface area contributed by atoms with E-state index in [-0.39, 0.29) is 18.2 Å². The van der Waals surface area contributed by atoms with Gasteiger partial charge in [0, 0.05) is 11.6 Å². The molecule has 2 aromatic rings. The molecule has 2 nitrogen and oxygen atoms in total. The van der Waals surface area contributed by atoms with Gasteiger partial charge in [-0.15, -0.1) is 0 Å². The van der Waals surface area contributed by atoms with Gasteiger partial charge in [-0.2, -0.15) is 0 Å². The van der Waals surface area contributed by atoms with Crippen LogP contribution in [0, 0.1) is 11.6 Å². The van der Waals surface area contributed by atoms with Crippen LogP contribution >= 0.6 is 0 Å². The molecule has 110 valence electrons. The molecule has 0 aromatic heterocycles. The van der Waals surface area contributed by atoms with Crippen LogP contribution in [-0.4, -0.2) is 0 Å². The zero-order valence-electron chi connectivity index (χ0n) is 11.6. The van der Waals surface area contributed by atoms with E-state index in [9.17, 15) is 8.78 Å². The van der Waals surface area contributed by atoms with E-state index in [1.54, 1.807) is 0 Å². The van der Waals surface area contributed by atoms with Gasteiger partial charge < -0.3 is 10.5 Å². The highest BCUT2D eigenvalue weighted by atomic mass is 19.1. The lowest BCUT2D eigenvalue weighted by Crippen LogP contribution is -2.18. The normalized spacial score (nSPS) is 17.4. The molecule has 0 bridgehead atoms. The van der Waals surface area contributed by atoms with Crippen molar-refractivity contribution in [2.75, 3.05) is 0 Å². The summed E-state index contributed by atoms with van der Waals surface area (Å²) >= 11 is 0. The van der Waals surface area contributed by atoms with E-state index >= 15 is 0 Å². The van der Waals surface area contributed by atoms with Gasteiger partial charge >= 0.3 is 0 Å². The van der Waals surface area contributed by atoms with Crippen LogP contribution in [0.4, 0.5) is 8.78 Å². The number of halogens is 2. The Labute approximate surface area is 122 Å². The third kappa shape index (κ3) is 2.90. The zero-order valence-corrected chi connectivity index (χ0v) is 11.6. The number of benzene rings is 2. The summed E-state index contributed by atoms with van der Waals surface area (Å²) in [5.74, 6) is -0.212. The Hall–Kier alpha value is -1.94. The lowest BCUT2D eigenvalue weighted by Gasteiger charge is -2.24. The number of fused-ring (bicyclic) bond motifs is 1. The van der Waals surface area contributed by atoms with Crippen molar-refractivity contribution < 1.29 is 13.5 Å². The molecule has 0 radical (unpaired) electrons. The fraction of sp³-hybridized carbons (Fsp3) is 0.294. The second kappa shape index (κ2) is 5.82. The standard InChI is InChI=1S/C17H17F2NO/c18-12-7-8-15(19)11(9-12)10-21-17-6-2-3-13-14(17)4-1-5-16(13)20/h2-3,6-9,16H,1,4-5,10,20H2. The van der Waals surface area contributed by atoms with Gasteiger partial charge in [0.05, 0.1) is 0 Å². The number of rotatable bonds is 3. The van der Waals surface area contributed by atoms with Gasteiger partial charge in [-0.05, 0) is 54.7 Å². The molecule has 0 saturated carbocycles. The third-order valence-corrected chi connectivity index (χ3v) is 3.90. The van der Waals surface area contributed by atoms with Gasteiger partial charge in [-0.1, -0.05) is 12.1 Å². The van der Waals surface area contributed by atoms with Gasteiger partial charge in [0.1, 0.15) is 24.0 Å². The van der Waals surface area contributed by atoms with Crippen molar-refractivity contribution in [2.24, 2.45) is 5.73 Å². The van der Waals surface area contributed by atoms with E-state index in [2.05, 4.69) is 0 Å². The Kier molecular flexibility index (Phi) is 3.88. The van der Waals surface area contributed by atoms with Gasteiger partial charge in [-0.3, -0.25) is 0 Å². The van der Waals surface area contributed by atoms with Crippen molar-refractivity contribution >= 4 is 0 Å². The van der Waals surface area contributed by atoms with Crippen molar-refractivity contribution in [3.63, 3.8) is 0 Å². The monoisotopic (exact) mass is 289 g/mol. The molecule has 1 aliphatic rings. The molecule has 3 rings (SSSR count). The van der Waals surface area contributed by atoms with Crippen LogP contribution in [0.5, 0.6) is 5.75 Å². The zero-order chi connectivity index (χ0) is 14.8. The first-order chi connectivity index (χ1) is 10.1. The summed E-state index contributed by atoms with van der Waals surface area (Å²) in [6.45, 7) is 0.00921. The summed E-state index contributed by atoms with van der Waals surface area (Å²) < 4.78 is 32.5. The molecule has 0 fully saturated rings. The summed E-state index contributed by atoms with van der Waals surface area (Å²) in [5, 5.41) is 0. The van der Waals surface area contributed by atoms with Crippen LogP contribution < -0.4 is 10.5 Å². The Morgan fingerprint density at radius 3 is 2.90 bits per heavy atom. The average Bonchev–Trinajstić information content (AvgIpc) is 2.49. The minimum Gasteiger partial charge on any atom is -0.489 e. The van der Waals surface area contributed by atoms with Gasteiger partial charge in [0.2, 0.25) is 0 Å². The highest BCUT2D eigenvalue weighted by Crippen LogP contribution is 2.34. The van der Waals surface area contributed by atoms with Gasteiger partial charge in [-0.25, -0.2) is 8.78 Å². The molecule has 0 heterocycles. The second-order valence-corrected chi connectivity index (χ2v) is 5.35. The first-order valence-electron chi connectivity index (χ1n) is 7.09. The first kappa shape index (κ1) is 14.0. The molecule has 2 aromatic carbocycles. The smallest absolute Gasteiger partial charge is 0.130 e. The fourth-order valence-electron chi connectivity index (χ4n) is 2.80. The lowest BCUT2D eigenvalue weighted by atomic mass is 9.87. The van der Waals surface area contributed by atoms with Crippen molar-refractivity contribution in [1.82, 2.24) is 0 Å². The molecule has 0 spiro atoms. The molecule has 2 N–H and O–H groups in total. The van der Waals surface area contributed by atoms with Crippen molar-refractivity contribution in [2.45, 2.75) is 31.9 Å². The lowest BCUT2D eigenvalue weighted by molar-refractivity contribution is 0.293. The predicted molar refractivity (Wildman–Crippen MR) is 77.0 cm³/mol. The summed E-state index contributed by atoms with van der Waals surface area (Å²) in [6, 6.07) is 9.16. The minimum absolute atomic E-state index is 0.00921. The SMILES string of the molecule is NC1CCCc2c(OCc3cc(F)ccc3F)cccc21. The van der Waals surface area contributed by atoms with Crippen LogP contribution in [0.1, 0.15) is 35.6 Å². The number of ether oxygens (including phenoxy) is 1. The average molecular weight is 289 g/mol. The highest BCUT2D eigenvalue weighted by molar-refractivity contribution is 5.43. The van der Waals surface area contributed by atoms with Crippen LogP contribution in [0.15, 0.2) is 36.4 Å². The van der Waals surface area contributed by atoms with Crippen molar-refractivity contribution in [1.29, 1.82) is 0 Å². The topological polar surface area (TPSA) is 35.2 Å². The molecule has 1 aliphatic carbocycles. The van der Waals surface area contributed by atoms with Crippen LogP contribution in [-0.2, 0) is 13.0 Å². The summed E-state index contributed by atoms with van der Waals surface area (Å²) in [7, 11) is 0. The maximum atomic E-state index is 13.6. The van der Waals surface area contributed by atoms with Crippen LogP contribution in [0.3, 0.4) is 0 Å². The van der Waals surface area contributed by atoms with Crippen LogP contribution in [0.25, 0.3) is 0 Å². The van der Waals surface area contributed by atoms with E-state index in [1.807, 2.05) is 18.2 Å². The fourth-order valence-corrected chi connectivity index (χ4v) is 2.80. The first-order valence-corrected chi connectivity index (χ1v) is 7.09. The van der Waals surface area contributed by atoms with E-state index in [0.717, 1.165) is 48.6 Å². The van der Waals surface area contributed by atoms with Gasteiger partial charge in [0.15, 0.2) is 0 Å². The maximum absolute atomic E-state index is 13.6. The van der Waals surface area contributed by atoms with E-state index in [4.69, 9.17) is 10.5 Å². The maximum Gasteiger partial charge on any atom is 0.130 e. The molecular weight excluding hydrogens is 272 g/mol. The molecule has 21 heavy (non-hydrogen) atoms. The molecule has 0 amide bonds. The molecule has 0 saturated heterocycles. The van der Waals surface area contributed by atoms with E-state index in [0.29, 0.717) is 5.75 Å². The Morgan fingerprint density at radius 2 is 2.05 bits per heavy atom. The van der Waals surface area contributed by atoms with E-state index < -0.39 is 11.6 Å². The number of nitrogens with two attached hydrogens (primary N) is 1.